The number of benzene rings is 2. The summed E-state index contributed by atoms with van der Waals surface area (Å²) < 4.78 is 32.3. The summed E-state index contributed by atoms with van der Waals surface area (Å²) in [4.78, 5) is 36.0. The largest absolute Gasteiger partial charge is 0.449 e. The number of carbonyl (C=O) groups excluding carboxylic acids is 3. The second kappa shape index (κ2) is 9.92. The van der Waals surface area contributed by atoms with E-state index in [9.17, 15) is 22.8 Å². The van der Waals surface area contributed by atoms with Crippen LogP contribution in [0.3, 0.4) is 0 Å². The Kier molecular flexibility index (Phi) is 7.26. The molecule has 2 aromatic rings. The summed E-state index contributed by atoms with van der Waals surface area (Å²) in [6.07, 6.45) is 1.46. The Labute approximate surface area is 186 Å². The molecule has 0 aromatic heterocycles. The third kappa shape index (κ3) is 5.51. The second-order valence-electron chi connectivity index (χ2n) is 7.47. The molecule has 170 valence electrons. The average molecular weight is 460 g/mol. The SMILES string of the molecule is CC(OC(=O)c1cccc(S(=O)(=O)N2CCCCC2)c1)C(=O)Nc1ccc(C(N)=O)cc1. The van der Waals surface area contributed by atoms with Gasteiger partial charge in [-0.1, -0.05) is 12.5 Å². The van der Waals surface area contributed by atoms with Gasteiger partial charge in [-0.15, -0.1) is 0 Å². The molecule has 0 spiro atoms. The standard InChI is InChI=1S/C22H25N3O6S/c1-15(21(27)24-18-10-8-16(9-11-18)20(23)26)31-22(28)17-6-5-7-19(14-17)32(29,30)25-12-3-2-4-13-25/h5-11,14-15H,2-4,12-13H2,1H3,(H2,23,26)(H,24,27). The number of hydrogen-bond acceptors (Lipinski definition) is 6. The molecule has 1 aliphatic rings. The van der Waals surface area contributed by atoms with E-state index >= 15 is 0 Å². The van der Waals surface area contributed by atoms with Gasteiger partial charge in [0.25, 0.3) is 5.91 Å². The smallest absolute Gasteiger partial charge is 0.338 e. The fourth-order valence-electron chi connectivity index (χ4n) is 3.28. The monoisotopic (exact) mass is 459 g/mol. The number of hydrogen-bond donors (Lipinski definition) is 2. The Hall–Kier alpha value is -3.24. The molecular formula is C22H25N3O6S. The van der Waals surface area contributed by atoms with Crippen molar-refractivity contribution in [1.82, 2.24) is 4.31 Å². The van der Waals surface area contributed by atoms with Crippen LogP contribution in [0.25, 0.3) is 0 Å². The molecule has 1 heterocycles. The third-order valence-electron chi connectivity index (χ3n) is 5.11. The lowest BCUT2D eigenvalue weighted by Gasteiger charge is -2.26. The van der Waals surface area contributed by atoms with Crippen molar-refractivity contribution in [1.29, 1.82) is 0 Å². The first-order chi connectivity index (χ1) is 15.2. The molecule has 0 radical (unpaired) electrons. The van der Waals surface area contributed by atoms with Crippen molar-refractivity contribution in [2.45, 2.75) is 37.2 Å². The number of primary amides is 1. The van der Waals surface area contributed by atoms with E-state index < -0.39 is 33.9 Å². The summed E-state index contributed by atoms with van der Waals surface area (Å²) in [7, 11) is -3.70. The van der Waals surface area contributed by atoms with Crippen LogP contribution < -0.4 is 11.1 Å². The lowest BCUT2D eigenvalue weighted by molar-refractivity contribution is -0.123. The molecule has 3 N–H and O–H groups in total. The van der Waals surface area contributed by atoms with Crippen molar-refractivity contribution in [3.8, 4) is 0 Å². The molecule has 2 aromatic carbocycles. The predicted molar refractivity (Wildman–Crippen MR) is 118 cm³/mol. The van der Waals surface area contributed by atoms with Gasteiger partial charge in [0.05, 0.1) is 10.5 Å². The zero-order valence-corrected chi connectivity index (χ0v) is 18.4. The number of rotatable bonds is 7. The normalized spacial score (nSPS) is 15.5. The maximum atomic E-state index is 12.8. The number of sulfonamides is 1. The Morgan fingerprint density at radius 2 is 1.66 bits per heavy atom. The van der Waals surface area contributed by atoms with E-state index in [0.717, 1.165) is 19.3 Å². The van der Waals surface area contributed by atoms with Crippen LogP contribution in [0.4, 0.5) is 5.69 Å². The van der Waals surface area contributed by atoms with Gasteiger partial charge in [-0.25, -0.2) is 13.2 Å². The van der Waals surface area contributed by atoms with Gasteiger partial charge in [0.1, 0.15) is 0 Å². The minimum absolute atomic E-state index is 0.0143. The molecule has 0 bridgehead atoms. The molecule has 0 aliphatic carbocycles. The van der Waals surface area contributed by atoms with Crippen LogP contribution in [0.15, 0.2) is 53.4 Å². The van der Waals surface area contributed by atoms with Crippen LogP contribution in [-0.2, 0) is 19.6 Å². The maximum Gasteiger partial charge on any atom is 0.338 e. The highest BCUT2D eigenvalue weighted by atomic mass is 32.2. The van der Waals surface area contributed by atoms with E-state index in [4.69, 9.17) is 10.5 Å². The fourth-order valence-corrected chi connectivity index (χ4v) is 4.85. The van der Waals surface area contributed by atoms with Crippen LogP contribution in [0.1, 0.15) is 46.9 Å². The highest BCUT2D eigenvalue weighted by Crippen LogP contribution is 2.22. The Balaban J connectivity index is 1.65. The molecule has 1 saturated heterocycles. The van der Waals surface area contributed by atoms with Gasteiger partial charge in [-0.05, 0) is 62.2 Å². The summed E-state index contributed by atoms with van der Waals surface area (Å²) in [6.45, 7) is 2.31. The van der Waals surface area contributed by atoms with Gasteiger partial charge in [0.2, 0.25) is 15.9 Å². The molecule has 3 rings (SSSR count). The first-order valence-corrected chi connectivity index (χ1v) is 11.6. The topological polar surface area (TPSA) is 136 Å². The average Bonchev–Trinajstić information content (AvgIpc) is 2.80. The molecule has 9 nitrogen and oxygen atoms in total. The van der Waals surface area contributed by atoms with E-state index in [2.05, 4.69) is 5.32 Å². The number of nitrogens with zero attached hydrogens (tertiary/aromatic N) is 1. The highest BCUT2D eigenvalue weighted by molar-refractivity contribution is 7.89. The fraction of sp³-hybridized carbons (Fsp3) is 0.318. The maximum absolute atomic E-state index is 12.8. The Morgan fingerprint density at radius 3 is 2.28 bits per heavy atom. The molecule has 0 saturated carbocycles. The van der Waals surface area contributed by atoms with Crippen molar-refractivity contribution in [3.63, 3.8) is 0 Å². The number of nitrogens with one attached hydrogen (secondary N) is 1. The van der Waals surface area contributed by atoms with Crippen molar-refractivity contribution in [3.05, 3.63) is 59.7 Å². The molecule has 2 amide bonds. The lowest BCUT2D eigenvalue weighted by Crippen LogP contribution is -2.35. The van der Waals surface area contributed by atoms with Crippen LogP contribution >= 0.6 is 0 Å². The van der Waals surface area contributed by atoms with Crippen LogP contribution in [0.5, 0.6) is 0 Å². The summed E-state index contributed by atoms with van der Waals surface area (Å²) in [5.74, 6) is -1.98. The second-order valence-corrected chi connectivity index (χ2v) is 9.41. The van der Waals surface area contributed by atoms with Gasteiger partial charge in [0.15, 0.2) is 6.10 Å². The molecule has 32 heavy (non-hydrogen) atoms. The van der Waals surface area contributed by atoms with Gasteiger partial charge < -0.3 is 15.8 Å². The van der Waals surface area contributed by atoms with E-state index in [-0.39, 0.29) is 10.5 Å². The number of ether oxygens (including phenoxy) is 1. The summed E-state index contributed by atoms with van der Waals surface area (Å²) in [5.41, 5.74) is 5.91. The van der Waals surface area contributed by atoms with Crippen LogP contribution in [0.2, 0.25) is 0 Å². The summed E-state index contributed by atoms with van der Waals surface area (Å²) >= 11 is 0. The van der Waals surface area contributed by atoms with Gasteiger partial charge in [-0.2, -0.15) is 4.31 Å². The highest BCUT2D eigenvalue weighted by Gasteiger charge is 2.27. The molecule has 1 aliphatic heterocycles. The number of nitrogens with two attached hydrogens (primary N) is 1. The lowest BCUT2D eigenvalue weighted by atomic mass is 10.2. The van der Waals surface area contributed by atoms with Crippen molar-refractivity contribution < 1.29 is 27.5 Å². The molecule has 1 fully saturated rings. The zero-order valence-electron chi connectivity index (χ0n) is 17.6. The van der Waals surface area contributed by atoms with Crippen LogP contribution in [-0.4, -0.2) is 49.7 Å². The quantitative estimate of drug-likeness (QED) is 0.609. The van der Waals surface area contributed by atoms with E-state index in [1.807, 2.05) is 0 Å². The number of esters is 1. The van der Waals surface area contributed by atoms with Crippen molar-refractivity contribution >= 4 is 33.5 Å². The molecular weight excluding hydrogens is 434 g/mol. The molecule has 10 heteroatoms. The molecule has 1 unspecified atom stereocenters. The summed E-state index contributed by atoms with van der Waals surface area (Å²) in [5, 5.41) is 2.57. The number of amides is 2. The van der Waals surface area contributed by atoms with Gasteiger partial charge >= 0.3 is 5.97 Å². The minimum Gasteiger partial charge on any atom is -0.449 e. The number of piperidine rings is 1. The molecule has 1 atom stereocenters. The van der Waals surface area contributed by atoms with Crippen LogP contribution in [0, 0.1) is 0 Å². The van der Waals surface area contributed by atoms with E-state index in [1.165, 1.54) is 59.8 Å². The first kappa shape index (κ1) is 23.4. The predicted octanol–water partition coefficient (Wildman–Crippen LogP) is 2.14. The number of carbonyl (C=O) groups is 3. The summed E-state index contributed by atoms with van der Waals surface area (Å²) in [6, 6.07) is 11.5. The third-order valence-corrected chi connectivity index (χ3v) is 7.01. The number of anilines is 1. The van der Waals surface area contributed by atoms with E-state index in [0.29, 0.717) is 24.3 Å². The van der Waals surface area contributed by atoms with Crippen molar-refractivity contribution in [2.75, 3.05) is 18.4 Å². The van der Waals surface area contributed by atoms with Crippen molar-refractivity contribution in [2.24, 2.45) is 5.73 Å². The zero-order chi connectivity index (χ0) is 23.3. The Morgan fingerprint density at radius 1 is 1.00 bits per heavy atom. The van der Waals surface area contributed by atoms with Gasteiger partial charge in [0, 0.05) is 24.3 Å². The first-order valence-electron chi connectivity index (χ1n) is 10.2. The minimum atomic E-state index is -3.70. The van der Waals surface area contributed by atoms with Gasteiger partial charge in [-0.3, -0.25) is 9.59 Å². The Bertz CT molecular complexity index is 1110. The van der Waals surface area contributed by atoms with E-state index in [1.54, 1.807) is 0 Å².